The molecule has 3 fully saturated rings. The van der Waals surface area contributed by atoms with Crippen LogP contribution in [-0.2, 0) is 9.59 Å². The van der Waals surface area contributed by atoms with Gasteiger partial charge in [-0.2, -0.15) is 5.10 Å². The van der Waals surface area contributed by atoms with E-state index in [0.29, 0.717) is 25.2 Å². The van der Waals surface area contributed by atoms with E-state index < -0.39 is 6.10 Å². The Morgan fingerprint density at radius 1 is 1.12 bits per heavy atom. The number of piperidine rings is 1. The van der Waals surface area contributed by atoms with Crippen molar-refractivity contribution in [2.75, 3.05) is 13.1 Å². The zero-order chi connectivity index (χ0) is 18.1. The van der Waals surface area contributed by atoms with Crippen LogP contribution in [0, 0.1) is 11.8 Å². The van der Waals surface area contributed by atoms with Crippen LogP contribution in [0.5, 0.6) is 0 Å². The third-order valence-electron chi connectivity index (χ3n) is 6.07. The van der Waals surface area contributed by atoms with E-state index in [-0.39, 0.29) is 29.7 Å². The lowest BCUT2D eigenvalue weighted by Gasteiger charge is -2.38. The van der Waals surface area contributed by atoms with Crippen LogP contribution in [0.15, 0.2) is 6.33 Å². The van der Waals surface area contributed by atoms with Crippen molar-refractivity contribution >= 4 is 11.8 Å². The molecule has 0 unspecified atom stereocenters. The summed E-state index contributed by atoms with van der Waals surface area (Å²) in [6.45, 7) is 1.45. The molecule has 0 spiro atoms. The van der Waals surface area contributed by atoms with Gasteiger partial charge in [-0.3, -0.25) is 14.7 Å². The Balaban J connectivity index is 1.30. The van der Waals surface area contributed by atoms with Crippen molar-refractivity contribution < 1.29 is 14.7 Å². The summed E-state index contributed by atoms with van der Waals surface area (Å²) in [5, 5.41) is 20.0. The number of carbonyl (C=O) groups is 2. The number of nitrogens with zero attached hydrogens (tertiary/aromatic N) is 3. The Labute approximate surface area is 152 Å². The number of aromatic nitrogens is 3. The third kappa shape index (κ3) is 3.75. The summed E-state index contributed by atoms with van der Waals surface area (Å²) in [7, 11) is 0. The number of aliphatic hydroxyl groups is 1. The molecule has 2 amide bonds. The number of carbonyl (C=O) groups excluding carboxylic acids is 2. The van der Waals surface area contributed by atoms with Gasteiger partial charge in [0, 0.05) is 30.8 Å². The SMILES string of the molecule is O=C(N[C@@H]1C[C@@H](C(=O)N2CCC(c3ncn[nH]3)CC2)CC[C@H]1O)C1CC1. The van der Waals surface area contributed by atoms with Crippen LogP contribution in [-0.4, -0.2) is 62.2 Å². The van der Waals surface area contributed by atoms with Crippen LogP contribution in [0.25, 0.3) is 0 Å². The molecule has 1 aromatic rings. The molecule has 1 saturated heterocycles. The Hall–Kier alpha value is -1.96. The number of aliphatic hydroxyl groups excluding tert-OH is 1. The summed E-state index contributed by atoms with van der Waals surface area (Å²) in [5.41, 5.74) is 0. The van der Waals surface area contributed by atoms with Gasteiger partial charge in [0.1, 0.15) is 12.2 Å². The molecule has 1 aliphatic heterocycles. The number of amides is 2. The molecule has 8 nitrogen and oxygen atoms in total. The van der Waals surface area contributed by atoms with E-state index in [0.717, 1.165) is 44.6 Å². The number of hydrogen-bond donors (Lipinski definition) is 3. The van der Waals surface area contributed by atoms with E-state index in [2.05, 4.69) is 20.5 Å². The standard InChI is InChI=1S/C18H27N5O3/c24-15-4-3-13(9-14(15)21-17(25)12-1-2-12)18(26)23-7-5-11(6-8-23)16-19-10-20-22-16/h10-15,24H,1-9H2,(H,21,25)(H,19,20,22)/t13-,14+,15+/m0/s1. The van der Waals surface area contributed by atoms with Gasteiger partial charge in [-0.15, -0.1) is 0 Å². The Bertz CT molecular complexity index is 637. The first kappa shape index (κ1) is 17.5. The first-order valence-electron chi connectivity index (χ1n) is 9.74. The molecule has 2 aliphatic carbocycles. The van der Waals surface area contributed by atoms with Crippen molar-refractivity contribution in [3.05, 3.63) is 12.2 Å². The van der Waals surface area contributed by atoms with Gasteiger partial charge in [0.15, 0.2) is 0 Å². The molecule has 1 aromatic heterocycles. The van der Waals surface area contributed by atoms with Crippen molar-refractivity contribution in [2.45, 2.75) is 63.0 Å². The Kier molecular flexibility index (Phi) is 4.93. The van der Waals surface area contributed by atoms with Crippen LogP contribution in [0.1, 0.15) is 56.7 Å². The monoisotopic (exact) mass is 361 g/mol. The minimum Gasteiger partial charge on any atom is -0.391 e. The fraction of sp³-hybridized carbons (Fsp3) is 0.778. The molecule has 3 atom stereocenters. The molecule has 0 aromatic carbocycles. The maximum absolute atomic E-state index is 12.9. The van der Waals surface area contributed by atoms with Gasteiger partial charge in [-0.05, 0) is 44.9 Å². The summed E-state index contributed by atoms with van der Waals surface area (Å²) in [6, 6.07) is -0.294. The van der Waals surface area contributed by atoms with E-state index in [9.17, 15) is 14.7 Å². The molecule has 0 bridgehead atoms. The van der Waals surface area contributed by atoms with Gasteiger partial charge >= 0.3 is 0 Å². The minimum atomic E-state index is -0.543. The zero-order valence-corrected chi connectivity index (χ0v) is 14.9. The van der Waals surface area contributed by atoms with Crippen molar-refractivity contribution in [1.82, 2.24) is 25.4 Å². The highest BCUT2D eigenvalue weighted by molar-refractivity contribution is 5.82. The first-order valence-corrected chi connectivity index (χ1v) is 9.74. The second kappa shape index (κ2) is 7.34. The molecule has 4 rings (SSSR count). The van der Waals surface area contributed by atoms with Crippen LogP contribution >= 0.6 is 0 Å². The van der Waals surface area contributed by atoms with Gasteiger partial charge in [0.05, 0.1) is 12.1 Å². The van der Waals surface area contributed by atoms with Gasteiger partial charge in [-0.25, -0.2) is 4.98 Å². The molecule has 3 aliphatic rings. The predicted octanol–water partition coefficient (Wildman–Crippen LogP) is 0.566. The molecule has 3 N–H and O–H groups in total. The summed E-state index contributed by atoms with van der Waals surface area (Å²) >= 11 is 0. The maximum atomic E-state index is 12.9. The van der Waals surface area contributed by atoms with E-state index in [1.165, 1.54) is 6.33 Å². The normalized spacial score (nSPS) is 30.2. The fourth-order valence-corrected chi connectivity index (χ4v) is 4.22. The van der Waals surface area contributed by atoms with E-state index >= 15 is 0 Å². The molecule has 2 saturated carbocycles. The van der Waals surface area contributed by atoms with E-state index in [1.54, 1.807) is 0 Å². The Morgan fingerprint density at radius 2 is 1.85 bits per heavy atom. The molecule has 2 heterocycles. The molecule has 26 heavy (non-hydrogen) atoms. The highest BCUT2D eigenvalue weighted by Crippen LogP contribution is 2.32. The van der Waals surface area contributed by atoms with Crippen molar-refractivity contribution in [3.8, 4) is 0 Å². The van der Waals surface area contributed by atoms with E-state index in [1.807, 2.05) is 4.90 Å². The number of aromatic amines is 1. The summed E-state index contributed by atoms with van der Waals surface area (Å²) in [6.07, 6.45) is 6.44. The van der Waals surface area contributed by atoms with Crippen LogP contribution in [0.2, 0.25) is 0 Å². The highest BCUT2D eigenvalue weighted by Gasteiger charge is 2.39. The molecule has 142 valence electrons. The van der Waals surface area contributed by atoms with Crippen molar-refractivity contribution in [2.24, 2.45) is 11.8 Å². The smallest absolute Gasteiger partial charge is 0.225 e. The van der Waals surface area contributed by atoms with Crippen LogP contribution in [0.4, 0.5) is 0 Å². The molecular formula is C18H27N5O3. The number of nitrogens with one attached hydrogen (secondary N) is 2. The topological polar surface area (TPSA) is 111 Å². The first-order chi connectivity index (χ1) is 12.6. The molecular weight excluding hydrogens is 334 g/mol. The second-order valence-corrected chi connectivity index (χ2v) is 7.94. The fourth-order valence-electron chi connectivity index (χ4n) is 4.22. The van der Waals surface area contributed by atoms with Gasteiger partial charge < -0.3 is 15.3 Å². The highest BCUT2D eigenvalue weighted by atomic mass is 16.3. The summed E-state index contributed by atoms with van der Waals surface area (Å²) < 4.78 is 0. The quantitative estimate of drug-likeness (QED) is 0.726. The lowest BCUT2D eigenvalue weighted by atomic mass is 9.82. The molecule has 8 heteroatoms. The largest absolute Gasteiger partial charge is 0.391 e. The zero-order valence-electron chi connectivity index (χ0n) is 14.9. The van der Waals surface area contributed by atoms with Crippen LogP contribution < -0.4 is 5.32 Å². The predicted molar refractivity (Wildman–Crippen MR) is 92.9 cm³/mol. The average Bonchev–Trinajstić information content (AvgIpc) is 3.38. The van der Waals surface area contributed by atoms with Crippen molar-refractivity contribution in [1.29, 1.82) is 0 Å². The van der Waals surface area contributed by atoms with Gasteiger partial charge in [0.25, 0.3) is 0 Å². The van der Waals surface area contributed by atoms with Gasteiger partial charge in [0.2, 0.25) is 11.8 Å². The second-order valence-electron chi connectivity index (χ2n) is 7.94. The Morgan fingerprint density at radius 3 is 2.50 bits per heavy atom. The lowest BCUT2D eigenvalue weighted by molar-refractivity contribution is -0.139. The van der Waals surface area contributed by atoms with Crippen molar-refractivity contribution in [3.63, 3.8) is 0 Å². The number of rotatable bonds is 4. The molecule has 0 radical (unpaired) electrons. The number of H-pyrrole nitrogens is 1. The number of likely N-dealkylation sites (tertiary alicyclic amines) is 1. The maximum Gasteiger partial charge on any atom is 0.225 e. The average molecular weight is 361 g/mol. The van der Waals surface area contributed by atoms with Gasteiger partial charge in [-0.1, -0.05) is 0 Å². The number of hydrogen-bond acceptors (Lipinski definition) is 5. The van der Waals surface area contributed by atoms with E-state index in [4.69, 9.17) is 0 Å². The minimum absolute atomic E-state index is 0.0371. The summed E-state index contributed by atoms with van der Waals surface area (Å²) in [5.74, 6) is 1.45. The van der Waals surface area contributed by atoms with Crippen LogP contribution in [0.3, 0.4) is 0 Å². The third-order valence-corrected chi connectivity index (χ3v) is 6.07. The lowest BCUT2D eigenvalue weighted by Crippen LogP contribution is -2.51. The summed E-state index contributed by atoms with van der Waals surface area (Å²) in [4.78, 5) is 31.1.